The first kappa shape index (κ1) is 26.6. The molecule has 0 aliphatic rings. The van der Waals surface area contributed by atoms with Gasteiger partial charge in [0, 0.05) is 24.9 Å². The number of nitrogen functional groups attached to an aromatic ring is 1. The number of carbonyl (C=O) groups excluding carboxylic acids is 2. The second-order valence-corrected chi connectivity index (χ2v) is 7.86. The Morgan fingerprint density at radius 2 is 1.95 bits per heavy atom. The summed E-state index contributed by atoms with van der Waals surface area (Å²) in [5, 5.41) is 19.8. The van der Waals surface area contributed by atoms with Gasteiger partial charge in [-0.05, 0) is 35.9 Å². The number of benzene rings is 2. The van der Waals surface area contributed by atoms with Gasteiger partial charge in [0.25, 0.3) is 5.91 Å². The summed E-state index contributed by atoms with van der Waals surface area (Å²) in [6.07, 6.45) is 4.69. The van der Waals surface area contributed by atoms with Crippen LogP contribution in [0.5, 0.6) is 5.75 Å². The molecule has 0 spiro atoms. The highest BCUT2D eigenvalue weighted by atomic mass is 19.1. The average molecular weight is 534 g/mol. The minimum absolute atomic E-state index is 0.0350. The molecule has 4 N–H and O–H groups in total. The van der Waals surface area contributed by atoms with Gasteiger partial charge in [-0.25, -0.2) is 18.6 Å². The Labute approximate surface area is 220 Å². The van der Waals surface area contributed by atoms with E-state index in [4.69, 9.17) is 10.6 Å². The Morgan fingerprint density at radius 3 is 2.59 bits per heavy atom. The van der Waals surface area contributed by atoms with Crippen LogP contribution in [0.25, 0.3) is 5.82 Å². The monoisotopic (exact) mass is 534 g/mol. The van der Waals surface area contributed by atoms with Crippen LogP contribution < -0.4 is 21.3 Å². The Bertz CT molecular complexity index is 1550. The number of rotatable bonds is 9. The number of imidazole rings is 1. The van der Waals surface area contributed by atoms with Crippen LogP contribution in [0.4, 0.5) is 20.2 Å². The number of anilines is 2. The first-order valence-corrected chi connectivity index (χ1v) is 11.2. The van der Waals surface area contributed by atoms with Crippen LogP contribution in [0, 0.1) is 23.0 Å². The lowest BCUT2D eigenvalue weighted by atomic mass is 10.1. The SMILES string of the molecule is COC(=O)c1cc(F)c(OCCc2cc(NC(=O)c3ccc(-n4ccnc4)nn3)c(C#N)cc2F)cc1NN. The van der Waals surface area contributed by atoms with E-state index < -0.39 is 23.5 Å². The molecule has 0 saturated carbocycles. The molecular formula is C25H20F2N8O4. The molecule has 2 heterocycles. The molecule has 0 aliphatic heterocycles. The lowest BCUT2D eigenvalue weighted by Crippen LogP contribution is -2.16. The number of hydrogen-bond acceptors (Lipinski definition) is 10. The van der Waals surface area contributed by atoms with Crippen LogP contribution in [0.1, 0.15) is 32.0 Å². The van der Waals surface area contributed by atoms with E-state index in [9.17, 15) is 23.6 Å². The van der Waals surface area contributed by atoms with Crippen molar-refractivity contribution in [2.45, 2.75) is 6.42 Å². The molecule has 4 aromatic rings. The van der Waals surface area contributed by atoms with E-state index in [1.807, 2.05) is 6.07 Å². The van der Waals surface area contributed by atoms with Crippen molar-refractivity contribution < 1.29 is 27.8 Å². The van der Waals surface area contributed by atoms with Crippen LogP contribution in [0.2, 0.25) is 0 Å². The number of amides is 1. The van der Waals surface area contributed by atoms with Crippen molar-refractivity contribution in [1.29, 1.82) is 5.26 Å². The van der Waals surface area contributed by atoms with Crippen molar-refractivity contribution in [2.24, 2.45) is 5.84 Å². The van der Waals surface area contributed by atoms with Crippen molar-refractivity contribution in [1.82, 2.24) is 19.7 Å². The molecule has 1 amide bonds. The second kappa shape index (κ2) is 11.8. The number of carbonyl (C=O) groups is 2. The number of ether oxygens (including phenoxy) is 2. The van der Waals surface area contributed by atoms with Gasteiger partial charge >= 0.3 is 5.97 Å². The Balaban J connectivity index is 1.47. The number of nitriles is 1. The molecule has 198 valence electrons. The maximum Gasteiger partial charge on any atom is 0.340 e. The summed E-state index contributed by atoms with van der Waals surface area (Å²) in [5.41, 5.74) is 2.18. The lowest BCUT2D eigenvalue weighted by molar-refractivity contribution is 0.0601. The van der Waals surface area contributed by atoms with Gasteiger partial charge < -0.3 is 20.2 Å². The smallest absolute Gasteiger partial charge is 0.340 e. The summed E-state index contributed by atoms with van der Waals surface area (Å²) >= 11 is 0. The third-order valence-corrected chi connectivity index (χ3v) is 5.47. The Morgan fingerprint density at radius 1 is 1.13 bits per heavy atom. The second-order valence-electron chi connectivity index (χ2n) is 7.86. The summed E-state index contributed by atoms with van der Waals surface area (Å²) in [6, 6.07) is 9.15. The van der Waals surface area contributed by atoms with Crippen molar-refractivity contribution in [2.75, 3.05) is 24.5 Å². The first-order valence-electron chi connectivity index (χ1n) is 11.2. The van der Waals surface area contributed by atoms with Gasteiger partial charge in [-0.15, -0.1) is 10.2 Å². The number of nitrogens with two attached hydrogens (primary N) is 1. The standard InChI is InChI=1S/C25H20F2N8O4/c1-38-25(37)16-10-18(27)22(11-21(16)32-29)39-7-4-14-9-20(15(12-28)8-17(14)26)31-24(36)19-2-3-23(34-33-19)35-6-5-30-13-35/h2-3,5-6,8-11,13,32H,4,7,29H2,1H3,(H,31,36). The number of nitrogens with one attached hydrogen (secondary N) is 2. The summed E-state index contributed by atoms with van der Waals surface area (Å²) in [7, 11) is 1.14. The third kappa shape index (κ3) is 5.95. The predicted octanol–water partition coefficient (Wildman–Crippen LogP) is 2.76. The van der Waals surface area contributed by atoms with E-state index >= 15 is 0 Å². The fourth-order valence-electron chi connectivity index (χ4n) is 3.50. The fraction of sp³-hybridized carbons (Fsp3) is 0.120. The normalized spacial score (nSPS) is 10.4. The molecule has 0 unspecified atom stereocenters. The third-order valence-electron chi connectivity index (χ3n) is 5.47. The van der Waals surface area contributed by atoms with E-state index in [0.29, 0.717) is 5.82 Å². The maximum absolute atomic E-state index is 14.7. The van der Waals surface area contributed by atoms with E-state index in [0.717, 1.165) is 19.2 Å². The molecule has 0 bridgehead atoms. The van der Waals surface area contributed by atoms with Crippen molar-refractivity contribution >= 4 is 23.3 Å². The molecule has 39 heavy (non-hydrogen) atoms. The molecule has 0 atom stereocenters. The summed E-state index contributed by atoms with van der Waals surface area (Å²) < 4.78 is 40.7. The summed E-state index contributed by atoms with van der Waals surface area (Å²) in [4.78, 5) is 28.4. The number of hydrazine groups is 1. The highest BCUT2D eigenvalue weighted by molar-refractivity contribution is 6.03. The van der Waals surface area contributed by atoms with Crippen LogP contribution in [-0.2, 0) is 11.2 Å². The van der Waals surface area contributed by atoms with Crippen molar-refractivity contribution in [3.63, 3.8) is 0 Å². The van der Waals surface area contributed by atoms with Crippen LogP contribution >= 0.6 is 0 Å². The molecular weight excluding hydrogens is 514 g/mol. The number of hydrogen-bond donors (Lipinski definition) is 3. The van der Waals surface area contributed by atoms with Gasteiger partial charge in [-0.1, -0.05) is 0 Å². The molecule has 12 nitrogen and oxygen atoms in total. The van der Waals surface area contributed by atoms with Crippen molar-refractivity contribution in [3.8, 4) is 17.6 Å². The Hall–Kier alpha value is -5.42. The van der Waals surface area contributed by atoms with Gasteiger partial charge in [-0.2, -0.15) is 5.26 Å². The van der Waals surface area contributed by atoms with Crippen LogP contribution in [0.15, 0.2) is 55.1 Å². The number of methoxy groups -OCH3 is 1. The van der Waals surface area contributed by atoms with E-state index in [2.05, 4.69) is 30.7 Å². The van der Waals surface area contributed by atoms with E-state index in [1.54, 1.807) is 23.0 Å². The molecule has 2 aromatic heterocycles. The highest BCUT2D eigenvalue weighted by Crippen LogP contribution is 2.27. The van der Waals surface area contributed by atoms with Gasteiger partial charge in [0.2, 0.25) is 0 Å². The zero-order valence-electron chi connectivity index (χ0n) is 20.3. The number of aromatic nitrogens is 4. The quantitative estimate of drug-likeness (QED) is 0.165. The zero-order chi connectivity index (χ0) is 27.9. The van der Waals surface area contributed by atoms with Crippen LogP contribution in [0.3, 0.4) is 0 Å². The molecule has 0 aliphatic carbocycles. The maximum atomic E-state index is 14.7. The van der Waals surface area contributed by atoms with Crippen molar-refractivity contribution in [3.05, 3.63) is 89.1 Å². The summed E-state index contributed by atoms with van der Waals surface area (Å²) in [5.74, 6) is 2.55. The minimum atomic E-state index is -0.859. The molecule has 4 rings (SSSR count). The van der Waals surface area contributed by atoms with E-state index in [1.165, 1.54) is 24.5 Å². The molecule has 14 heteroatoms. The fourth-order valence-corrected chi connectivity index (χ4v) is 3.50. The number of esters is 1. The van der Waals surface area contributed by atoms with Crippen LogP contribution in [-0.4, -0.2) is 45.3 Å². The molecule has 0 fully saturated rings. The lowest BCUT2D eigenvalue weighted by Gasteiger charge is -2.13. The number of halogens is 2. The molecule has 0 saturated heterocycles. The Kier molecular flexibility index (Phi) is 8.03. The highest BCUT2D eigenvalue weighted by Gasteiger charge is 2.18. The van der Waals surface area contributed by atoms with Gasteiger partial charge in [-0.3, -0.25) is 15.2 Å². The minimum Gasteiger partial charge on any atom is -0.490 e. The average Bonchev–Trinajstić information content (AvgIpc) is 3.50. The largest absolute Gasteiger partial charge is 0.490 e. The zero-order valence-corrected chi connectivity index (χ0v) is 20.3. The van der Waals surface area contributed by atoms with Gasteiger partial charge in [0.15, 0.2) is 23.1 Å². The predicted molar refractivity (Wildman–Crippen MR) is 133 cm³/mol. The first-order chi connectivity index (χ1) is 18.8. The summed E-state index contributed by atoms with van der Waals surface area (Å²) in [6.45, 7) is -0.185. The molecule has 0 radical (unpaired) electrons. The van der Waals surface area contributed by atoms with E-state index in [-0.39, 0.29) is 52.5 Å². The van der Waals surface area contributed by atoms with Gasteiger partial charge in [0.1, 0.15) is 18.2 Å². The molecule has 2 aromatic carbocycles. The van der Waals surface area contributed by atoms with Gasteiger partial charge in [0.05, 0.1) is 36.2 Å². The topological polar surface area (TPSA) is 170 Å². The number of nitrogens with zero attached hydrogens (tertiary/aromatic N) is 5.